The van der Waals surface area contributed by atoms with Gasteiger partial charge in [0, 0.05) is 32.2 Å². The van der Waals surface area contributed by atoms with Gasteiger partial charge >= 0.3 is 0 Å². The second-order valence-corrected chi connectivity index (χ2v) is 9.34. The highest BCUT2D eigenvalue weighted by Crippen LogP contribution is 2.32. The number of hydrogen-bond acceptors (Lipinski definition) is 5. The summed E-state index contributed by atoms with van der Waals surface area (Å²) in [7, 11) is -3.87. The third kappa shape index (κ3) is 5.67. The van der Waals surface area contributed by atoms with Crippen molar-refractivity contribution in [3.63, 3.8) is 0 Å². The first kappa shape index (κ1) is 22.0. The fraction of sp³-hybridized carbons (Fsp3) is 0.400. The number of rotatable bonds is 6. The normalized spacial score (nSPS) is 19.1. The van der Waals surface area contributed by atoms with Crippen LogP contribution in [0.5, 0.6) is 5.75 Å². The molecule has 1 aliphatic heterocycles. The lowest BCUT2D eigenvalue weighted by Gasteiger charge is -2.34. The molecule has 1 saturated heterocycles. The van der Waals surface area contributed by atoms with Crippen molar-refractivity contribution in [1.82, 2.24) is 10.2 Å². The maximum atomic E-state index is 14.2. The molecular weight excluding hydrogens is 417 g/mol. The number of nitrogens with one attached hydrogen (secondary N) is 1. The number of nitrogens with two attached hydrogens (primary N) is 1. The van der Waals surface area contributed by atoms with E-state index in [9.17, 15) is 12.8 Å². The smallest absolute Gasteiger partial charge is 0.238 e. The van der Waals surface area contributed by atoms with Crippen molar-refractivity contribution in [3.05, 3.63) is 58.4 Å². The van der Waals surface area contributed by atoms with Crippen LogP contribution in [0.4, 0.5) is 4.39 Å². The molecule has 0 aliphatic carbocycles. The molecule has 0 amide bonds. The number of halogens is 2. The zero-order valence-corrected chi connectivity index (χ0v) is 17.9. The number of ether oxygens (including phenoxy) is 1. The Morgan fingerprint density at radius 3 is 2.72 bits per heavy atom. The Morgan fingerprint density at radius 2 is 2.10 bits per heavy atom. The van der Waals surface area contributed by atoms with Crippen LogP contribution >= 0.6 is 11.6 Å². The van der Waals surface area contributed by atoms with Crippen LogP contribution in [0.15, 0.2) is 41.3 Å². The average Bonchev–Trinajstić information content (AvgIpc) is 2.64. The zero-order valence-electron chi connectivity index (χ0n) is 16.4. The van der Waals surface area contributed by atoms with E-state index in [2.05, 4.69) is 17.1 Å². The van der Waals surface area contributed by atoms with Crippen molar-refractivity contribution in [3.8, 4) is 5.75 Å². The van der Waals surface area contributed by atoms with Crippen molar-refractivity contribution < 1.29 is 17.5 Å². The summed E-state index contributed by atoms with van der Waals surface area (Å²) in [5.41, 5.74) is 1.24. The van der Waals surface area contributed by atoms with Crippen LogP contribution in [0.25, 0.3) is 0 Å². The van der Waals surface area contributed by atoms with Gasteiger partial charge in [0.25, 0.3) is 0 Å². The highest BCUT2D eigenvalue weighted by atomic mass is 35.5. The van der Waals surface area contributed by atoms with E-state index in [0.29, 0.717) is 29.5 Å². The van der Waals surface area contributed by atoms with E-state index in [1.165, 1.54) is 24.3 Å². The van der Waals surface area contributed by atoms with E-state index in [1.807, 2.05) is 6.07 Å². The minimum Gasteiger partial charge on any atom is -0.483 e. The molecule has 2 aromatic carbocycles. The van der Waals surface area contributed by atoms with E-state index in [-0.39, 0.29) is 15.7 Å². The molecule has 2 aromatic rings. The number of piperazine rings is 1. The first-order valence-corrected chi connectivity index (χ1v) is 11.3. The second kappa shape index (κ2) is 8.97. The lowest BCUT2D eigenvalue weighted by Crippen LogP contribution is -2.50. The molecule has 3 N–H and O–H groups in total. The average molecular weight is 442 g/mol. The van der Waals surface area contributed by atoms with E-state index >= 15 is 0 Å². The van der Waals surface area contributed by atoms with Gasteiger partial charge in [0.15, 0.2) is 0 Å². The Morgan fingerprint density at radius 1 is 1.34 bits per heavy atom. The van der Waals surface area contributed by atoms with Crippen LogP contribution < -0.4 is 15.2 Å². The van der Waals surface area contributed by atoms with E-state index in [1.54, 1.807) is 13.0 Å². The van der Waals surface area contributed by atoms with Crippen LogP contribution in [-0.2, 0) is 10.0 Å². The summed E-state index contributed by atoms with van der Waals surface area (Å²) >= 11 is 6.25. The molecule has 158 valence electrons. The maximum Gasteiger partial charge on any atom is 0.238 e. The van der Waals surface area contributed by atoms with Gasteiger partial charge in [0.1, 0.15) is 17.7 Å². The van der Waals surface area contributed by atoms with Crippen molar-refractivity contribution in [2.75, 3.05) is 26.2 Å². The van der Waals surface area contributed by atoms with Crippen molar-refractivity contribution in [1.29, 1.82) is 0 Å². The summed E-state index contributed by atoms with van der Waals surface area (Å²) in [6, 6.07) is 9.44. The van der Waals surface area contributed by atoms with Gasteiger partial charge < -0.3 is 10.1 Å². The molecule has 3 rings (SSSR count). The Balaban J connectivity index is 1.89. The lowest BCUT2D eigenvalue weighted by atomic mass is 10.1. The maximum absolute atomic E-state index is 14.2. The fourth-order valence-corrected chi connectivity index (χ4v) is 4.17. The Hall–Kier alpha value is -1.71. The summed E-state index contributed by atoms with van der Waals surface area (Å²) in [6.45, 7) is 6.90. The highest BCUT2D eigenvalue weighted by molar-refractivity contribution is 7.89. The SMILES string of the molecule is Cc1ccc(C(CN2CCN[C@H](C)C2)Oc2ccc(S(N)(=O)=O)cc2Cl)cc1F. The first-order chi connectivity index (χ1) is 13.6. The Labute approximate surface area is 175 Å². The van der Waals surface area contributed by atoms with Gasteiger partial charge in [-0.2, -0.15) is 0 Å². The van der Waals surface area contributed by atoms with Gasteiger partial charge in [0.05, 0.1) is 9.92 Å². The minimum atomic E-state index is -3.87. The monoisotopic (exact) mass is 441 g/mol. The molecule has 29 heavy (non-hydrogen) atoms. The Bertz CT molecular complexity index is 987. The van der Waals surface area contributed by atoms with Gasteiger partial charge in [-0.05, 0) is 49.2 Å². The lowest BCUT2D eigenvalue weighted by molar-refractivity contribution is 0.112. The van der Waals surface area contributed by atoms with Crippen molar-refractivity contribution in [2.24, 2.45) is 5.14 Å². The van der Waals surface area contributed by atoms with Gasteiger partial charge in [-0.3, -0.25) is 4.90 Å². The number of aryl methyl sites for hydroxylation is 1. The molecule has 1 fully saturated rings. The molecule has 2 atom stereocenters. The molecule has 1 heterocycles. The standard InChI is InChI=1S/C20H25ClFN3O3S/c1-13-3-4-15(9-18(13)22)20(12-25-8-7-24-14(2)11-25)28-19-6-5-16(10-17(19)21)29(23,26)27/h3-6,9-10,14,20,24H,7-8,11-12H2,1-2H3,(H2,23,26,27)/t14-,20?/m1/s1. The van der Waals surface area contributed by atoms with E-state index in [4.69, 9.17) is 21.5 Å². The van der Waals surface area contributed by atoms with Gasteiger partial charge in [0.2, 0.25) is 10.0 Å². The largest absolute Gasteiger partial charge is 0.483 e. The summed E-state index contributed by atoms with van der Waals surface area (Å²) in [6.07, 6.45) is -0.478. The molecule has 0 bridgehead atoms. The van der Waals surface area contributed by atoms with Gasteiger partial charge in [-0.1, -0.05) is 23.7 Å². The fourth-order valence-electron chi connectivity index (χ4n) is 3.34. The molecule has 1 aliphatic rings. The summed E-state index contributed by atoms with van der Waals surface area (Å²) in [4.78, 5) is 2.15. The zero-order chi connectivity index (χ0) is 21.2. The quantitative estimate of drug-likeness (QED) is 0.720. The van der Waals surface area contributed by atoms with E-state index < -0.39 is 16.1 Å². The summed E-state index contributed by atoms with van der Waals surface area (Å²) < 4.78 is 43.4. The third-order valence-electron chi connectivity index (χ3n) is 4.95. The number of benzene rings is 2. The predicted molar refractivity (Wildman–Crippen MR) is 111 cm³/mol. The summed E-state index contributed by atoms with van der Waals surface area (Å²) in [5, 5.41) is 8.67. The topological polar surface area (TPSA) is 84.7 Å². The summed E-state index contributed by atoms with van der Waals surface area (Å²) in [5.74, 6) is 0.00804. The van der Waals surface area contributed by atoms with E-state index in [0.717, 1.165) is 19.6 Å². The third-order valence-corrected chi connectivity index (χ3v) is 6.15. The number of hydrogen-bond donors (Lipinski definition) is 2. The van der Waals surface area contributed by atoms with Crippen LogP contribution in [-0.4, -0.2) is 45.5 Å². The van der Waals surface area contributed by atoms with Crippen LogP contribution in [0, 0.1) is 12.7 Å². The number of nitrogens with zero attached hydrogens (tertiary/aromatic N) is 1. The number of primary sulfonamides is 1. The first-order valence-electron chi connectivity index (χ1n) is 9.34. The molecule has 0 saturated carbocycles. The van der Waals surface area contributed by atoms with Gasteiger partial charge in [-0.25, -0.2) is 17.9 Å². The van der Waals surface area contributed by atoms with Crippen LogP contribution in [0.2, 0.25) is 5.02 Å². The van der Waals surface area contributed by atoms with Crippen molar-refractivity contribution >= 4 is 21.6 Å². The van der Waals surface area contributed by atoms with Crippen molar-refractivity contribution in [2.45, 2.75) is 30.9 Å². The van der Waals surface area contributed by atoms with Gasteiger partial charge in [-0.15, -0.1) is 0 Å². The predicted octanol–water partition coefficient (Wildman–Crippen LogP) is 2.85. The molecule has 9 heteroatoms. The minimum absolute atomic E-state index is 0.0938. The highest BCUT2D eigenvalue weighted by Gasteiger charge is 2.24. The second-order valence-electron chi connectivity index (χ2n) is 7.37. The number of sulfonamides is 1. The molecule has 0 aromatic heterocycles. The molecule has 0 spiro atoms. The Kier molecular flexibility index (Phi) is 6.80. The van der Waals surface area contributed by atoms with Crippen LogP contribution in [0.1, 0.15) is 24.2 Å². The van der Waals surface area contributed by atoms with Crippen LogP contribution in [0.3, 0.4) is 0 Å². The molecule has 1 unspecified atom stereocenters. The molecule has 6 nitrogen and oxygen atoms in total. The molecular formula is C20H25ClFN3O3S. The molecule has 0 radical (unpaired) electrons.